The van der Waals surface area contributed by atoms with Crippen molar-refractivity contribution in [3.05, 3.63) is 89.0 Å². The van der Waals surface area contributed by atoms with Crippen LogP contribution in [-0.2, 0) is 12.8 Å². The van der Waals surface area contributed by atoms with Gasteiger partial charge in [0.1, 0.15) is 17.2 Å². The Kier molecular flexibility index (Phi) is 6.06. The molecule has 0 N–H and O–H groups in total. The molecule has 0 radical (unpaired) electrons. The minimum absolute atomic E-state index is 0.330. The summed E-state index contributed by atoms with van der Waals surface area (Å²) in [7, 11) is -1.59. The van der Waals surface area contributed by atoms with Gasteiger partial charge in [-0.05, 0) is 54.7 Å². The molecule has 150 valence electrons. The Morgan fingerprint density at radius 1 is 0.862 bits per heavy atom. The molecule has 1 heterocycles. The van der Waals surface area contributed by atoms with Crippen LogP contribution in [0.2, 0.25) is 0 Å². The van der Waals surface area contributed by atoms with E-state index in [0.717, 1.165) is 36.5 Å². The van der Waals surface area contributed by atoms with Crippen LogP contribution in [0.4, 0.5) is 0 Å². The first-order valence-corrected chi connectivity index (χ1v) is 11.6. The highest BCUT2D eigenvalue weighted by Gasteiger charge is 2.36. The van der Waals surface area contributed by atoms with Crippen LogP contribution in [0.15, 0.2) is 66.7 Å². The largest absolute Gasteiger partial charge is 0.530 e. The lowest BCUT2D eigenvalue weighted by atomic mass is 9.87. The van der Waals surface area contributed by atoms with E-state index in [-0.39, 0.29) is 0 Å². The first-order valence-electron chi connectivity index (χ1n) is 10.5. The van der Waals surface area contributed by atoms with E-state index in [0.29, 0.717) is 5.92 Å². The molecule has 2 aliphatic rings. The Labute approximate surface area is 174 Å². The monoisotopic (exact) mass is 406 g/mol. The van der Waals surface area contributed by atoms with Crippen LogP contribution in [0.5, 0.6) is 17.2 Å². The Hall–Kier alpha value is -2.51. The second-order valence-electron chi connectivity index (χ2n) is 6.91. The van der Waals surface area contributed by atoms with E-state index in [1.165, 1.54) is 22.3 Å². The van der Waals surface area contributed by atoms with Gasteiger partial charge in [0, 0.05) is 17.0 Å². The molecule has 0 bridgehead atoms. The third-order valence-electron chi connectivity index (χ3n) is 5.36. The lowest BCUT2D eigenvalue weighted by Crippen LogP contribution is -2.12. The first kappa shape index (κ1) is 19.8. The molecule has 1 aliphatic carbocycles. The van der Waals surface area contributed by atoms with Gasteiger partial charge in [0.25, 0.3) is 0 Å². The molecule has 2 atom stereocenters. The molecular formula is C25H27O3P. The van der Waals surface area contributed by atoms with Gasteiger partial charge in [-0.1, -0.05) is 63.2 Å². The minimum atomic E-state index is -1.59. The Bertz CT molecular complexity index is 971. The molecule has 0 aromatic heterocycles. The van der Waals surface area contributed by atoms with Gasteiger partial charge in [0.2, 0.25) is 0 Å². The summed E-state index contributed by atoms with van der Waals surface area (Å²) < 4.78 is 18.7. The maximum Gasteiger partial charge on any atom is 0.530 e. The van der Waals surface area contributed by atoms with Crippen molar-refractivity contribution in [2.75, 3.05) is 0 Å². The molecule has 0 amide bonds. The summed E-state index contributed by atoms with van der Waals surface area (Å²) in [5, 5.41) is 0. The zero-order valence-electron chi connectivity index (χ0n) is 17.2. The predicted octanol–water partition coefficient (Wildman–Crippen LogP) is 7.43. The number of para-hydroxylation sites is 1. The van der Waals surface area contributed by atoms with Crippen molar-refractivity contribution in [3.8, 4) is 17.2 Å². The highest BCUT2D eigenvalue weighted by molar-refractivity contribution is 7.43. The summed E-state index contributed by atoms with van der Waals surface area (Å²) in [6.07, 6.45) is 3.16. The van der Waals surface area contributed by atoms with Crippen molar-refractivity contribution in [1.29, 1.82) is 0 Å². The Morgan fingerprint density at radius 2 is 1.55 bits per heavy atom. The van der Waals surface area contributed by atoms with Gasteiger partial charge in [-0.3, -0.25) is 0 Å². The molecular weight excluding hydrogens is 379 g/mol. The van der Waals surface area contributed by atoms with Crippen molar-refractivity contribution in [1.82, 2.24) is 0 Å². The molecule has 3 aromatic rings. The van der Waals surface area contributed by atoms with Crippen LogP contribution in [0.3, 0.4) is 0 Å². The standard InChI is InChI=1S/C23H21O3P.C2H6/c1-2-16-8-6-12-20-22(16)19-15-14-17-9-7-13-21(23(17)19)26-27(25-20)24-18-10-4-3-5-11-18;1-2/h3-13,19H,2,14-15H2,1H3;1-2H3. The first-order chi connectivity index (χ1) is 14.3. The smallest absolute Gasteiger partial charge is 0.409 e. The SMILES string of the molecule is CC.CCc1cccc2c1C1CCc3cccc(c31)OP(Oc1ccccc1)O2. The van der Waals surface area contributed by atoms with Crippen LogP contribution < -0.4 is 13.6 Å². The number of benzene rings is 3. The van der Waals surface area contributed by atoms with E-state index in [4.69, 9.17) is 13.6 Å². The van der Waals surface area contributed by atoms with Gasteiger partial charge in [-0.15, -0.1) is 0 Å². The maximum absolute atomic E-state index is 6.32. The van der Waals surface area contributed by atoms with E-state index in [1.807, 2.05) is 56.3 Å². The summed E-state index contributed by atoms with van der Waals surface area (Å²) >= 11 is 0. The van der Waals surface area contributed by atoms with Crippen LogP contribution in [-0.4, -0.2) is 0 Å². The lowest BCUT2D eigenvalue weighted by Gasteiger charge is -2.28. The third-order valence-corrected chi connectivity index (χ3v) is 6.41. The number of hydrogen-bond donors (Lipinski definition) is 0. The fraction of sp³-hybridized carbons (Fsp3) is 0.280. The molecule has 4 heteroatoms. The van der Waals surface area contributed by atoms with Gasteiger partial charge in [0.05, 0.1) is 0 Å². The fourth-order valence-electron chi connectivity index (χ4n) is 4.17. The zero-order valence-corrected chi connectivity index (χ0v) is 18.1. The van der Waals surface area contributed by atoms with Crippen molar-refractivity contribution < 1.29 is 13.6 Å². The molecule has 5 rings (SSSR count). The predicted molar refractivity (Wildman–Crippen MR) is 119 cm³/mol. The van der Waals surface area contributed by atoms with Crippen molar-refractivity contribution >= 4 is 8.60 Å². The van der Waals surface area contributed by atoms with Gasteiger partial charge < -0.3 is 13.6 Å². The van der Waals surface area contributed by atoms with Crippen molar-refractivity contribution in [2.24, 2.45) is 0 Å². The fourth-order valence-corrected chi connectivity index (χ4v) is 5.22. The van der Waals surface area contributed by atoms with Crippen LogP contribution in [0.1, 0.15) is 55.4 Å². The molecule has 1 aliphatic heterocycles. The summed E-state index contributed by atoms with van der Waals surface area (Å²) in [5.41, 5.74) is 5.34. The molecule has 0 saturated heterocycles. The Balaban J connectivity index is 0.000000994. The normalized spacial score (nSPS) is 18.6. The summed E-state index contributed by atoms with van der Waals surface area (Å²) in [4.78, 5) is 0. The van der Waals surface area contributed by atoms with E-state index in [9.17, 15) is 0 Å². The van der Waals surface area contributed by atoms with Crippen molar-refractivity contribution in [3.63, 3.8) is 0 Å². The average Bonchev–Trinajstić information content (AvgIpc) is 3.19. The summed E-state index contributed by atoms with van der Waals surface area (Å²) in [6, 6.07) is 22.4. The summed E-state index contributed by atoms with van der Waals surface area (Å²) in [6.45, 7) is 6.20. The highest BCUT2D eigenvalue weighted by Crippen LogP contribution is 2.54. The van der Waals surface area contributed by atoms with Crippen molar-refractivity contribution in [2.45, 2.75) is 46.0 Å². The second-order valence-corrected chi connectivity index (χ2v) is 7.91. The molecule has 3 nitrogen and oxygen atoms in total. The van der Waals surface area contributed by atoms with Gasteiger partial charge in [-0.2, -0.15) is 0 Å². The van der Waals surface area contributed by atoms with Gasteiger partial charge >= 0.3 is 8.60 Å². The molecule has 0 fully saturated rings. The minimum Gasteiger partial charge on any atom is -0.409 e. The highest BCUT2D eigenvalue weighted by atomic mass is 31.2. The molecule has 2 unspecified atom stereocenters. The van der Waals surface area contributed by atoms with Crippen LogP contribution in [0.25, 0.3) is 0 Å². The van der Waals surface area contributed by atoms with E-state index >= 15 is 0 Å². The number of hydrogen-bond acceptors (Lipinski definition) is 3. The average molecular weight is 406 g/mol. The maximum atomic E-state index is 6.32. The third kappa shape index (κ3) is 3.84. The van der Waals surface area contributed by atoms with Crippen LogP contribution >= 0.6 is 8.60 Å². The van der Waals surface area contributed by atoms with Gasteiger partial charge in [-0.25, -0.2) is 0 Å². The number of fused-ring (bicyclic) bond motifs is 2. The lowest BCUT2D eigenvalue weighted by molar-refractivity contribution is 0.378. The summed E-state index contributed by atoms with van der Waals surface area (Å²) in [5.74, 6) is 2.87. The molecule has 29 heavy (non-hydrogen) atoms. The topological polar surface area (TPSA) is 27.7 Å². The quantitative estimate of drug-likeness (QED) is 0.423. The number of rotatable bonds is 3. The number of aryl methyl sites for hydroxylation is 2. The zero-order chi connectivity index (χ0) is 20.2. The second kappa shape index (κ2) is 8.88. The molecule has 0 spiro atoms. The Morgan fingerprint density at radius 3 is 2.28 bits per heavy atom. The van der Waals surface area contributed by atoms with E-state index < -0.39 is 8.60 Å². The van der Waals surface area contributed by atoms with E-state index in [2.05, 4.69) is 31.2 Å². The van der Waals surface area contributed by atoms with Gasteiger partial charge in [0.15, 0.2) is 0 Å². The van der Waals surface area contributed by atoms with Crippen LogP contribution in [0, 0.1) is 0 Å². The molecule has 3 aromatic carbocycles. The van der Waals surface area contributed by atoms with E-state index in [1.54, 1.807) is 0 Å². The molecule has 0 saturated carbocycles.